The Morgan fingerprint density at radius 1 is 1.70 bits per heavy atom. The molecule has 0 radical (unpaired) electrons. The van der Waals surface area contributed by atoms with Gasteiger partial charge in [-0.15, -0.1) is 0 Å². The standard InChI is InChI=1S/C7H13NO2/c1-4-10-7(9)5(2)6(3)8/h5,8H,4H2,1-3H3. The molecule has 3 heteroatoms. The highest BCUT2D eigenvalue weighted by atomic mass is 16.5. The molecule has 0 saturated heterocycles. The van der Waals surface area contributed by atoms with Gasteiger partial charge in [0.25, 0.3) is 0 Å². The normalized spacial score (nSPS) is 12.3. The van der Waals surface area contributed by atoms with E-state index in [1.54, 1.807) is 20.8 Å². The van der Waals surface area contributed by atoms with E-state index in [-0.39, 0.29) is 11.9 Å². The Morgan fingerprint density at radius 3 is 2.50 bits per heavy atom. The zero-order valence-electron chi connectivity index (χ0n) is 6.60. The number of carbonyl (C=O) groups excluding carboxylic acids is 1. The molecule has 10 heavy (non-hydrogen) atoms. The molecular weight excluding hydrogens is 130 g/mol. The molecule has 0 aromatic carbocycles. The second-order valence-corrected chi connectivity index (χ2v) is 2.16. The fourth-order valence-electron chi connectivity index (χ4n) is 0.444. The van der Waals surface area contributed by atoms with Crippen molar-refractivity contribution < 1.29 is 9.53 Å². The van der Waals surface area contributed by atoms with Crippen LogP contribution in [0.4, 0.5) is 0 Å². The molecule has 58 valence electrons. The van der Waals surface area contributed by atoms with Gasteiger partial charge in [-0.3, -0.25) is 4.79 Å². The van der Waals surface area contributed by atoms with Gasteiger partial charge in [0.05, 0.1) is 12.5 Å². The van der Waals surface area contributed by atoms with E-state index >= 15 is 0 Å². The van der Waals surface area contributed by atoms with Crippen molar-refractivity contribution in [3.05, 3.63) is 0 Å². The maximum atomic E-state index is 10.8. The summed E-state index contributed by atoms with van der Waals surface area (Å²) >= 11 is 0. The lowest BCUT2D eigenvalue weighted by Gasteiger charge is -2.07. The number of hydrogen-bond donors (Lipinski definition) is 1. The van der Waals surface area contributed by atoms with Crippen molar-refractivity contribution in [3.63, 3.8) is 0 Å². The van der Waals surface area contributed by atoms with E-state index in [2.05, 4.69) is 4.74 Å². The maximum absolute atomic E-state index is 10.8. The largest absolute Gasteiger partial charge is 0.465 e. The van der Waals surface area contributed by atoms with Crippen LogP contribution < -0.4 is 0 Å². The zero-order chi connectivity index (χ0) is 8.15. The van der Waals surface area contributed by atoms with Crippen LogP contribution in [0.3, 0.4) is 0 Å². The fourth-order valence-corrected chi connectivity index (χ4v) is 0.444. The number of rotatable bonds is 3. The molecule has 0 rings (SSSR count). The van der Waals surface area contributed by atoms with Crippen LogP contribution in [0.5, 0.6) is 0 Å². The molecule has 1 atom stereocenters. The molecule has 0 aromatic rings. The van der Waals surface area contributed by atoms with E-state index in [0.717, 1.165) is 0 Å². The summed E-state index contributed by atoms with van der Waals surface area (Å²) in [4.78, 5) is 10.8. The topological polar surface area (TPSA) is 50.2 Å². The minimum atomic E-state index is -0.389. The first kappa shape index (κ1) is 9.14. The summed E-state index contributed by atoms with van der Waals surface area (Å²) in [7, 11) is 0. The number of esters is 1. The summed E-state index contributed by atoms with van der Waals surface area (Å²) in [5, 5.41) is 7.11. The van der Waals surface area contributed by atoms with Gasteiger partial charge < -0.3 is 10.1 Å². The van der Waals surface area contributed by atoms with Gasteiger partial charge in [-0.25, -0.2) is 0 Å². The molecule has 1 unspecified atom stereocenters. The molecule has 1 N–H and O–H groups in total. The van der Waals surface area contributed by atoms with E-state index < -0.39 is 0 Å². The molecule has 0 saturated carbocycles. The van der Waals surface area contributed by atoms with Crippen molar-refractivity contribution in [2.24, 2.45) is 5.92 Å². The predicted octanol–water partition coefficient (Wildman–Crippen LogP) is 1.23. The van der Waals surface area contributed by atoms with Crippen molar-refractivity contribution in [1.82, 2.24) is 0 Å². The molecule has 0 spiro atoms. The SMILES string of the molecule is CCOC(=O)C(C)C(C)=N. The first-order valence-corrected chi connectivity index (χ1v) is 3.31. The number of carbonyl (C=O) groups is 1. The van der Waals surface area contributed by atoms with Crippen molar-refractivity contribution in [2.45, 2.75) is 20.8 Å². The first-order valence-electron chi connectivity index (χ1n) is 3.31. The molecule has 0 aliphatic rings. The van der Waals surface area contributed by atoms with Gasteiger partial charge >= 0.3 is 5.97 Å². The van der Waals surface area contributed by atoms with Gasteiger partial charge in [-0.2, -0.15) is 0 Å². The molecule has 3 nitrogen and oxygen atoms in total. The van der Waals surface area contributed by atoms with Gasteiger partial charge in [0.2, 0.25) is 0 Å². The van der Waals surface area contributed by atoms with Crippen LogP contribution in [-0.4, -0.2) is 18.3 Å². The molecule has 0 aromatic heterocycles. The maximum Gasteiger partial charge on any atom is 0.314 e. The van der Waals surface area contributed by atoms with E-state index in [4.69, 9.17) is 5.41 Å². The summed E-state index contributed by atoms with van der Waals surface area (Å²) in [5.41, 5.74) is 0.346. The smallest absolute Gasteiger partial charge is 0.314 e. The van der Waals surface area contributed by atoms with Gasteiger partial charge in [0.15, 0.2) is 0 Å². The van der Waals surface area contributed by atoms with Crippen LogP contribution in [0.2, 0.25) is 0 Å². The third kappa shape index (κ3) is 2.62. The van der Waals surface area contributed by atoms with Gasteiger partial charge in [-0.1, -0.05) is 0 Å². The minimum Gasteiger partial charge on any atom is -0.465 e. The van der Waals surface area contributed by atoms with Crippen molar-refractivity contribution in [1.29, 1.82) is 5.41 Å². The van der Waals surface area contributed by atoms with Crippen molar-refractivity contribution >= 4 is 11.7 Å². The summed E-state index contributed by atoms with van der Waals surface area (Å²) < 4.78 is 4.69. The minimum absolute atomic E-state index is 0.310. The lowest BCUT2D eigenvalue weighted by atomic mass is 10.1. The van der Waals surface area contributed by atoms with Crippen LogP contribution in [0.15, 0.2) is 0 Å². The monoisotopic (exact) mass is 143 g/mol. The molecule has 0 amide bonds. The van der Waals surface area contributed by atoms with E-state index in [1.807, 2.05) is 0 Å². The van der Waals surface area contributed by atoms with Crippen LogP contribution in [0.1, 0.15) is 20.8 Å². The third-order valence-electron chi connectivity index (χ3n) is 1.29. The number of ether oxygens (including phenoxy) is 1. The molecule has 0 aliphatic heterocycles. The lowest BCUT2D eigenvalue weighted by molar-refractivity contribution is -0.145. The molecule has 0 aliphatic carbocycles. The quantitative estimate of drug-likeness (QED) is 0.477. The van der Waals surface area contributed by atoms with Gasteiger partial charge in [-0.05, 0) is 20.8 Å². The summed E-state index contributed by atoms with van der Waals surface area (Å²) in [6.07, 6.45) is 0. The van der Waals surface area contributed by atoms with Gasteiger partial charge in [0.1, 0.15) is 0 Å². The van der Waals surface area contributed by atoms with Crippen LogP contribution >= 0.6 is 0 Å². The summed E-state index contributed by atoms with van der Waals surface area (Å²) in [5.74, 6) is -0.699. The van der Waals surface area contributed by atoms with E-state index in [1.165, 1.54) is 0 Å². The zero-order valence-corrected chi connectivity index (χ0v) is 6.60. The van der Waals surface area contributed by atoms with Crippen LogP contribution in [-0.2, 0) is 9.53 Å². The van der Waals surface area contributed by atoms with Gasteiger partial charge in [0, 0.05) is 5.71 Å². The average Bonchev–Trinajstić information content (AvgIpc) is 1.87. The lowest BCUT2D eigenvalue weighted by Crippen LogP contribution is -2.20. The second-order valence-electron chi connectivity index (χ2n) is 2.16. The summed E-state index contributed by atoms with van der Waals surface area (Å²) in [6, 6.07) is 0. The molecule has 0 fully saturated rings. The summed E-state index contributed by atoms with van der Waals surface area (Å²) in [6.45, 7) is 5.41. The Bertz CT molecular complexity index is 143. The number of nitrogens with one attached hydrogen (secondary N) is 1. The Kier molecular flexibility index (Phi) is 3.69. The average molecular weight is 143 g/mol. The highest BCUT2D eigenvalue weighted by Gasteiger charge is 2.14. The fraction of sp³-hybridized carbons (Fsp3) is 0.714. The second kappa shape index (κ2) is 4.04. The Labute approximate surface area is 60.9 Å². The highest BCUT2D eigenvalue weighted by molar-refractivity contribution is 5.98. The van der Waals surface area contributed by atoms with E-state index in [0.29, 0.717) is 12.3 Å². The Balaban J connectivity index is 3.82. The van der Waals surface area contributed by atoms with Crippen molar-refractivity contribution in [2.75, 3.05) is 6.61 Å². The molecule has 0 bridgehead atoms. The molecular formula is C7H13NO2. The Morgan fingerprint density at radius 2 is 2.20 bits per heavy atom. The number of hydrogen-bond acceptors (Lipinski definition) is 3. The van der Waals surface area contributed by atoms with Crippen molar-refractivity contribution in [3.8, 4) is 0 Å². The van der Waals surface area contributed by atoms with Crippen LogP contribution in [0, 0.1) is 11.3 Å². The highest BCUT2D eigenvalue weighted by Crippen LogP contribution is 1.99. The first-order chi connectivity index (χ1) is 4.59. The Hall–Kier alpha value is -0.860. The van der Waals surface area contributed by atoms with Crippen LogP contribution in [0.25, 0.3) is 0 Å². The predicted molar refractivity (Wildman–Crippen MR) is 39.2 cm³/mol. The third-order valence-corrected chi connectivity index (χ3v) is 1.29. The van der Waals surface area contributed by atoms with E-state index in [9.17, 15) is 4.79 Å². The molecule has 0 heterocycles.